The zero-order chi connectivity index (χ0) is 13.5. The van der Waals surface area contributed by atoms with Gasteiger partial charge in [0.25, 0.3) is 0 Å². The van der Waals surface area contributed by atoms with Crippen molar-refractivity contribution in [2.75, 3.05) is 6.54 Å². The number of Topliss-reactive ketones (excluding diaryl/α,β-unsaturated/α-hetero) is 1. The van der Waals surface area contributed by atoms with Crippen molar-refractivity contribution in [3.05, 3.63) is 0 Å². The maximum atomic E-state index is 11.4. The molecule has 0 rings (SSSR count). The Hall–Kier alpha value is -1.39. The topological polar surface area (TPSA) is 75.3 Å². The van der Waals surface area contributed by atoms with Gasteiger partial charge in [0.1, 0.15) is 5.78 Å². The number of hydrogen-bond acceptors (Lipinski definition) is 3. The molecule has 0 saturated carbocycles. The van der Waals surface area contributed by atoms with Gasteiger partial charge in [0, 0.05) is 31.3 Å². The third-order valence-electron chi connectivity index (χ3n) is 1.89. The third-order valence-corrected chi connectivity index (χ3v) is 1.89. The van der Waals surface area contributed by atoms with Crippen molar-refractivity contribution in [1.82, 2.24) is 10.6 Å². The number of ketones is 1. The van der Waals surface area contributed by atoms with Gasteiger partial charge in [-0.2, -0.15) is 0 Å². The number of rotatable bonds is 6. The van der Waals surface area contributed by atoms with Crippen molar-refractivity contribution in [3.8, 4) is 0 Å². The van der Waals surface area contributed by atoms with E-state index in [2.05, 4.69) is 10.6 Å². The minimum atomic E-state index is -0.254. The second kappa shape index (κ2) is 7.04. The fraction of sp³-hybridized carbons (Fsp3) is 0.750. The summed E-state index contributed by atoms with van der Waals surface area (Å²) in [7, 11) is 0. The Morgan fingerprint density at radius 2 is 1.53 bits per heavy atom. The minimum absolute atomic E-state index is 0.00868. The molecule has 5 heteroatoms. The van der Waals surface area contributed by atoms with Gasteiger partial charge in [0.2, 0.25) is 11.8 Å². The van der Waals surface area contributed by atoms with E-state index >= 15 is 0 Å². The molecule has 0 radical (unpaired) electrons. The van der Waals surface area contributed by atoms with E-state index in [4.69, 9.17) is 0 Å². The second-order valence-corrected chi connectivity index (χ2v) is 5.10. The Kier molecular flexibility index (Phi) is 6.46. The summed E-state index contributed by atoms with van der Waals surface area (Å²) in [6.07, 6.45) is 0.694. The van der Waals surface area contributed by atoms with Crippen LogP contribution in [0.15, 0.2) is 0 Å². The lowest BCUT2D eigenvalue weighted by atomic mass is 10.1. The first-order chi connectivity index (χ1) is 7.70. The summed E-state index contributed by atoms with van der Waals surface area (Å²) in [5, 5.41) is 5.40. The van der Waals surface area contributed by atoms with Crippen LogP contribution >= 0.6 is 0 Å². The molecule has 0 atom stereocenters. The Morgan fingerprint density at radius 1 is 0.941 bits per heavy atom. The molecule has 5 nitrogen and oxygen atoms in total. The van der Waals surface area contributed by atoms with Crippen molar-refractivity contribution in [3.63, 3.8) is 0 Å². The normalized spacial score (nSPS) is 10.8. The molecule has 0 aliphatic heterocycles. The lowest BCUT2D eigenvalue weighted by molar-refractivity contribution is -0.125. The lowest BCUT2D eigenvalue weighted by Crippen LogP contribution is -2.41. The fourth-order valence-corrected chi connectivity index (χ4v) is 1.17. The van der Waals surface area contributed by atoms with E-state index in [1.54, 1.807) is 0 Å². The molecule has 0 aliphatic rings. The van der Waals surface area contributed by atoms with Gasteiger partial charge >= 0.3 is 0 Å². The zero-order valence-electron chi connectivity index (χ0n) is 11.1. The van der Waals surface area contributed by atoms with Crippen molar-refractivity contribution in [1.29, 1.82) is 0 Å². The first-order valence-corrected chi connectivity index (χ1v) is 5.78. The highest BCUT2D eigenvalue weighted by Crippen LogP contribution is 1.98. The van der Waals surface area contributed by atoms with E-state index in [9.17, 15) is 14.4 Å². The molecule has 0 unspecified atom stereocenters. The molecular weight excluding hydrogens is 220 g/mol. The van der Waals surface area contributed by atoms with Crippen LogP contribution in [-0.4, -0.2) is 29.7 Å². The van der Waals surface area contributed by atoms with Gasteiger partial charge in [0.05, 0.1) is 0 Å². The molecular formula is C12H22N2O3. The first kappa shape index (κ1) is 15.6. The van der Waals surface area contributed by atoms with Crippen LogP contribution in [0.1, 0.15) is 47.0 Å². The molecule has 0 spiro atoms. The Morgan fingerprint density at radius 3 is 2.00 bits per heavy atom. The standard InChI is InChI=1S/C12H22N2O3/c1-9(15)5-6-10(16)13-8-7-11(17)14-12(2,3)4/h5-8H2,1-4H3,(H,13,16)(H,14,17). The quantitative estimate of drug-likeness (QED) is 0.722. The summed E-state index contributed by atoms with van der Waals surface area (Å²) in [5.74, 6) is -0.293. The fourth-order valence-electron chi connectivity index (χ4n) is 1.17. The highest BCUT2D eigenvalue weighted by Gasteiger charge is 2.13. The molecule has 2 amide bonds. The van der Waals surface area contributed by atoms with Crippen LogP contribution in [0.3, 0.4) is 0 Å². The molecule has 0 aromatic carbocycles. The lowest BCUT2D eigenvalue weighted by Gasteiger charge is -2.20. The molecule has 0 heterocycles. The van der Waals surface area contributed by atoms with Crippen LogP contribution in [0.5, 0.6) is 0 Å². The van der Waals surface area contributed by atoms with Gasteiger partial charge < -0.3 is 15.4 Å². The Bertz CT molecular complexity index is 293. The average Bonchev–Trinajstić information content (AvgIpc) is 2.11. The number of carbonyl (C=O) groups excluding carboxylic acids is 3. The number of carbonyl (C=O) groups is 3. The predicted molar refractivity (Wildman–Crippen MR) is 65.4 cm³/mol. The monoisotopic (exact) mass is 242 g/mol. The average molecular weight is 242 g/mol. The van der Waals surface area contributed by atoms with E-state index in [1.165, 1.54) is 6.92 Å². The molecule has 0 aliphatic carbocycles. The summed E-state index contributed by atoms with van der Waals surface area (Å²) >= 11 is 0. The smallest absolute Gasteiger partial charge is 0.222 e. The van der Waals surface area contributed by atoms with E-state index in [0.717, 1.165) is 0 Å². The maximum Gasteiger partial charge on any atom is 0.222 e. The van der Waals surface area contributed by atoms with Gasteiger partial charge in [-0.25, -0.2) is 0 Å². The molecule has 2 N–H and O–H groups in total. The summed E-state index contributed by atoms with van der Waals surface area (Å²) in [6, 6.07) is 0. The highest BCUT2D eigenvalue weighted by atomic mass is 16.2. The van der Waals surface area contributed by atoms with Crippen LogP contribution < -0.4 is 10.6 Å². The number of amides is 2. The highest BCUT2D eigenvalue weighted by molar-refractivity contribution is 5.84. The van der Waals surface area contributed by atoms with Gasteiger partial charge in [-0.1, -0.05) is 0 Å². The van der Waals surface area contributed by atoms with Crippen LogP contribution in [-0.2, 0) is 14.4 Å². The van der Waals surface area contributed by atoms with Gasteiger partial charge in [-0.3, -0.25) is 9.59 Å². The molecule has 0 saturated heterocycles. The SMILES string of the molecule is CC(=O)CCC(=O)NCCC(=O)NC(C)(C)C. The van der Waals surface area contributed by atoms with Crippen molar-refractivity contribution in [2.45, 2.75) is 52.5 Å². The maximum absolute atomic E-state index is 11.4. The van der Waals surface area contributed by atoms with E-state index in [0.29, 0.717) is 6.54 Å². The third kappa shape index (κ3) is 10.9. The van der Waals surface area contributed by atoms with Crippen LogP contribution in [0.4, 0.5) is 0 Å². The molecule has 0 fully saturated rings. The van der Waals surface area contributed by atoms with Gasteiger partial charge in [0.15, 0.2) is 0 Å². The van der Waals surface area contributed by atoms with Crippen LogP contribution in [0, 0.1) is 0 Å². The summed E-state index contributed by atoms with van der Waals surface area (Å²) in [5.41, 5.74) is -0.254. The largest absolute Gasteiger partial charge is 0.356 e. The first-order valence-electron chi connectivity index (χ1n) is 5.78. The van der Waals surface area contributed by atoms with Crippen LogP contribution in [0.2, 0.25) is 0 Å². The predicted octanol–water partition coefficient (Wildman–Crippen LogP) is 0.777. The number of nitrogens with one attached hydrogen (secondary N) is 2. The number of hydrogen-bond donors (Lipinski definition) is 2. The summed E-state index contributed by atoms with van der Waals surface area (Å²) < 4.78 is 0. The van der Waals surface area contributed by atoms with Crippen LogP contribution in [0.25, 0.3) is 0 Å². The van der Waals surface area contributed by atoms with Crippen molar-refractivity contribution >= 4 is 17.6 Å². The molecule has 17 heavy (non-hydrogen) atoms. The Labute approximate surface area is 102 Å². The van der Waals surface area contributed by atoms with E-state index < -0.39 is 0 Å². The van der Waals surface area contributed by atoms with E-state index in [-0.39, 0.29) is 42.4 Å². The molecule has 98 valence electrons. The molecule has 0 bridgehead atoms. The molecule has 0 aromatic heterocycles. The van der Waals surface area contributed by atoms with Crippen molar-refractivity contribution < 1.29 is 14.4 Å². The second-order valence-electron chi connectivity index (χ2n) is 5.10. The summed E-state index contributed by atoms with van der Waals surface area (Å²) in [6.45, 7) is 7.45. The minimum Gasteiger partial charge on any atom is -0.356 e. The molecule has 0 aromatic rings. The van der Waals surface area contributed by atoms with Crippen molar-refractivity contribution in [2.24, 2.45) is 0 Å². The van der Waals surface area contributed by atoms with Gasteiger partial charge in [-0.05, 0) is 27.7 Å². The van der Waals surface area contributed by atoms with E-state index in [1.807, 2.05) is 20.8 Å². The zero-order valence-corrected chi connectivity index (χ0v) is 11.1. The Balaban J connectivity index is 3.66. The van der Waals surface area contributed by atoms with Gasteiger partial charge in [-0.15, -0.1) is 0 Å². The summed E-state index contributed by atoms with van der Waals surface area (Å²) in [4.78, 5) is 33.3.